The van der Waals surface area contributed by atoms with Gasteiger partial charge in [0.15, 0.2) is 5.65 Å². The third-order valence-electron chi connectivity index (χ3n) is 2.61. The van der Waals surface area contributed by atoms with Crippen LogP contribution < -0.4 is 0 Å². The van der Waals surface area contributed by atoms with Gasteiger partial charge in [-0.3, -0.25) is 0 Å². The molecule has 3 nitrogen and oxygen atoms in total. The van der Waals surface area contributed by atoms with Gasteiger partial charge in [-0.15, -0.1) is 0 Å². The van der Waals surface area contributed by atoms with Gasteiger partial charge in [0.2, 0.25) is 0 Å². The molecule has 2 heterocycles. The van der Waals surface area contributed by atoms with Crippen molar-refractivity contribution in [1.29, 1.82) is 0 Å². The fourth-order valence-electron chi connectivity index (χ4n) is 1.49. The lowest BCUT2D eigenvalue weighted by Gasteiger charge is -2.03. The predicted molar refractivity (Wildman–Crippen MR) is 61.2 cm³/mol. The molecule has 3 heteroatoms. The molecule has 15 heavy (non-hydrogen) atoms. The Kier molecular flexibility index (Phi) is 2.47. The summed E-state index contributed by atoms with van der Waals surface area (Å²) in [5.74, 6) is 0.947. The van der Waals surface area contributed by atoms with E-state index in [9.17, 15) is 0 Å². The number of aromatic nitrogens is 3. The second-order valence-electron chi connectivity index (χ2n) is 4.57. The van der Waals surface area contributed by atoms with Gasteiger partial charge in [-0.25, -0.2) is 9.50 Å². The summed E-state index contributed by atoms with van der Waals surface area (Å²) in [4.78, 5) is 4.41. The van der Waals surface area contributed by atoms with E-state index in [1.54, 1.807) is 0 Å². The molecule has 0 fully saturated rings. The molecule has 0 aromatic carbocycles. The summed E-state index contributed by atoms with van der Waals surface area (Å²) in [6.45, 7) is 8.61. The van der Waals surface area contributed by atoms with Crippen LogP contribution in [0.4, 0.5) is 0 Å². The highest BCUT2D eigenvalue weighted by molar-refractivity contribution is 5.40. The van der Waals surface area contributed by atoms with Gasteiger partial charge >= 0.3 is 0 Å². The Morgan fingerprint density at radius 1 is 1.13 bits per heavy atom. The lowest BCUT2D eigenvalue weighted by Crippen LogP contribution is -1.96. The molecule has 2 aromatic rings. The van der Waals surface area contributed by atoms with Gasteiger partial charge in [0.25, 0.3) is 0 Å². The van der Waals surface area contributed by atoms with Crippen LogP contribution in [-0.4, -0.2) is 14.6 Å². The quantitative estimate of drug-likeness (QED) is 0.751. The Morgan fingerprint density at radius 3 is 2.47 bits per heavy atom. The zero-order valence-corrected chi connectivity index (χ0v) is 9.73. The Hall–Kier alpha value is -1.38. The number of hydrogen-bond donors (Lipinski definition) is 0. The molecule has 0 saturated carbocycles. The summed E-state index contributed by atoms with van der Waals surface area (Å²) in [6.07, 6.45) is 4.00. The number of rotatable bonds is 2. The summed E-state index contributed by atoms with van der Waals surface area (Å²) in [7, 11) is 0. The largest absolute Gasteiger partial charge is 0.237 e. The van der Waals surface area contributed by atoms with Gasteiger partial charge in [0.1, 0.15) is 0 Å². The maximum Gasteiger partial charge on any atom is 0.155 e. The molecule has 80 valence electrons. The van der Waals surface area contributed by atoms with Gasteiger partial charge in [0, 0.05) is 18.5 Å². The number of fused-ring (bicyclic) bond motifs is 1. The van der Waals surface area contributed by atoms with E-state index in [0.29, 0.717) is 11.8 Å². The average Bonchev–Trinajstić information content (AvgIpc) is 2.59. The number of nitrogens with zero attached hydrogens (tertiary/aromatic N) is 3. The van der Waals surface area contributed by atoms with Crippen LogP contribution >= 0.6 is 0 Å². The molecule has 0 aliphatic rings. The summed E-state index contributed by atoms with van der Waals surface area (Å²) in [5.41, 5.74) is 3.26. The first-order chi connectivity index (χ1) is 7.08. The van der Waals surface area contributed by atoms with Crippen molar-refractivity contribution in [2.75, 3.05) is 0 Å². The smallest absolute Gasteiger partial charge is 0.155 e. The van der Waals surface area contributed by atoms with E-state index < -0.39 is 0 Å². The minimum absolute atomic E-state index is 0.453. The molecule has 2 aromatic heterocycles. The van der Waals surface area contributed by atoms with Crippen LogP contribution in [-0.2, 0) is 0 Å². The van der Waals surface area contributed by atoms with Crippen molar-refractivity contribution < 1.29 is 0 Å². The topological polar surface area (TPSA) is 30.2 Å². The molecule has 0 N–H and O–H groups in total. The molecule has 0 amide bonds. The van der Waals surface area contributed by atoms with Gasteiger partial charge < -0.3 is 0 Å². The zero-order chi connectivity index (χ0) is 11.0. The molecule has 2 rings (SSSR count). The van der Waals surface area contributed by atoms with Crippen LogP contribution in [0.2, 0.25) is 0 Å². The molecule has 0 aliphatic heterocycles. The van der Waals surface area contributed by atoms with Crippen LogP contribution in [0.1, 0.15) is 50.8 Å². The molecular formula is C12H17N3. The van der Waals surface area contributed by atoms with E-state index in [-0.39, 0.29) is 0 Å². The maximum absolute atomic E-state index is 4.51. The third-order valence-corrected chi connectivity index (χ3v) is 2.61. The van der Waals surface area contributed by atoms with Crippen molar-refractivity contribution >= 4 is 5.65 Å². The van der Waals surface area contributed by atoms with Crippen molar-refractivity contribution in [2.24, 2.45) is 0 Å². The van der Waals surface area contributed by atoms with Crippen LogP contribution in [0.5, 0.6) is 0 Å². The normalized spacial score (nSPS) is 11.9. The minimum Gasteiger partial charge on any atom is -0.237 e. The fraction of sp³-hybridized carbons (Fsp3) is 0.500. The van der Waals surface area contributed by atoms with Crippen molar-refractivity contribution in [3.8, 4) is 0 Å². The van der Waals surface area contributed by atoms with E-state index in [0.717, 1.165) is 11.3 Å². The second-order valence-corrected chi connectivity index (χ2v) is 4.57. The van der Waals surface area contributed by atoms with Gasteiger partial charge in [-0.2, -0.15) is 5.10 Å². The monoisotopic (exact) mass is 203 g/mol. The lowest BCUT2D eigenvalue weighted by atomic mass is 10.1. The first kappa shape index (κ1) is 10.1. The summed E-state index contributed by atoms with van der Waals surface area (Å²) >= 11 is 0. The zero-order valence-electron chi connectivity index (χ0n) is 9.73. The minimum atomic E-state index is 0.453. The molecule has 0 aliphatic carbocycles. The van der Waals surface area contributed by atoms with Crippen molar-refractivity contribution in [3.63, 3.8) is 0 Å². The second kappa shape index (κ2) is 3.65. The van der Waals surface area contributed by atoms with Crippen molar-refractivity contribution in [1.82, 2.24) is 14.6 Å². The third kappa shape index (κ3) is 1.87. The fourth-order valence-corrected chi connectivity index (χ4v) is 1.49. The Balaban J connectivity index is 2.52. The van der Waals surface area contributed by atoms with Gasteiger partial charge in [-0.05, 0) is 17.4 Å². The molecule has 0 saturated heterocycles. The molecule has 0 atom stereocenters. The first-order valence-electron chi connectivity index (χ1n) is 5.43. The highest BCUT2D eigenvalue weighted by Gasteiger charge is 2.07. The van der Waals surface area contributed by atoms with E-state index in [4.69, 9.17) is 0 Å². The summed E-state index contributed by atoms with van der Waals surface area (Å²) < 4.78 is 1.88. The van der Waals surface area contributed by atoms with Crippen LogP contribution in [0, 0.1) is 0 Å². The Bertz CT molecular complexity index is 463. The van der Waals surface area contributed by atoms with E-state index in [1.165, 1.54) is 5.56 Å². The van der Waals surface area contributed by atoms with Crippen molar-refractivity contribution in [2.45, 2.75) is 39.5 Å². The van der Waals surface area contributed by atoms with E-state index >= 15 is 0 Å². The first-order valence-corrected chi connectivity index (χ1v) is 5.43. The molecule has 0 radical (unpaired) electrons. The standard InChI is InChI=1S/C12H17N3/c1-8(2)10-6-13-12-5-11(9(3)4)14-15(12)7-10/h5-9H,1-4H3. The van der Waals surface area contributed by atoms with Crippen molar-refractivity contribution in [3.05, 3.63) is 29.7 Å². The molecular weight excluding hydrogens is 186 g/mol. The maximum atomic E-state index is 4.51. The van der Waals surface area contributed by atoms with Crippen LogP contribution in [0.3, 0.4) is 0 Å². The molecule has 0 bridgehead atoms. The Labute approximate surface area is 90.1 Å². The SMILES string of the molecule is CC(C)c1cnc2cc(C(C)C)nn2c1. The highest BCUT2D eigenvalue weighted by Crippen LogP contribution is 2.17. The lowest BCUT2D eigenvalue weighted by molar-refractivity contribution is 0.772. The van der Waals surface area contributed by atoms with Gasteiger partial charge in [0.05, 0.1) is 5.69 Å². The molecule has 0 spiro atoms. The molecule has 0 unspecified atom stereocenters. The predicted octanol–water partition coefficient (Wildman–Crippen LogP) is 2.98. The Morgan fingerprint density at radius 2 is 1.87 bits per heavy atom. The highest BCUT2D eigenvalue weighted by atomic mass is 15.2. The van der Waals surface area contributed by atoms with Gasteiger partial charge in [-0.1, -0.05) is 27.7 Å². The number of hydrogen-bond acceptors (Lipinski definition) is 2. The van der Waals surface area contributed by atoms with E-state index in [1.807, 2.05) is 10.7 Å². The summed E-state index contributed by atoms with van der Waals surface area (Å²) in [5, 5.41) is 4.51. The van der Waals surface area contributed by atoms with E-state index in [2.05, 4.69) is 50.0 Å². The van der Waals surface area contributed by atoms with Crippen LogP contribution in [0.15, 0.2) is 18.5 Å². The average molecular weight is 203 g/mol. The summed E-state index contributed by atoms with van der Waals surface area (Å²) in [6, 6.07) is 2.05. The van der Waals surface area contributed by atoms with Crippen LogP contribution in [0.25, 0.3) is 5.65 Å².